The highest BCUT2D eigenvalue weighted by atomic mass is 35.5. The Kier molecular flexibility index (Phi) is 7.48. The van der Waals surface area contributed by atoms with Crippen molar-refractivity contribution in [2.24, 2.45) is 0 Å². The highest BCUT2D eigenvalue weighted by Crippen LogP contribution is 2.20. The topological polar surface area (TPSA) is 64.7 Å². The zero-order chi connectivity index (χ0) is 21.7. The SMILES string of the molecule is Cc1ccc(NC(=O)CN2CCN(CC(=O)Nc3cccc(C)c3C)CC2)cc1Cl. The number of nitrogens with zero attached hydrogens (tertiary/aromatic N) is 2. The summed E-state index contributed by atoms with van der Waals surface area (Å²) in [5.74, 6) is -0.0674. The number of hydrogen-bond acceptors (Lipinski definition) is 4. The lowest BCUT2D eigenvalue weighted by atomic mass is 10.1. The van der Waals surface area contributed by atoms with Crippen molar-refractivity contribution in [3.05, 3.63) is 58.1 Å². The first-order valence-corrected chi connectivity index (χ1v) is 10.6. The molecule has 7 heteroatoms. The molecule has 2 aromatic rings. The van der Waals surface area contributed by atoms with Crippen LogP contribution in [0.5, 0.6) is 0 Å². The minimum absolute atomic E-state index is 0.00820. The number of rotatable bonds is 6. The van der Waals surface area contributed by atoms with Crippen molar-refractivity contribution in [2.75, 3.05) is 49.9 Å². The van der Waals surface area contributed by atoms with Crippen LogP contribution in [0.3, 0.4) is 0 Å². The second kappa shape index (κ2) is 10.1. The molecule has 2 aromatic carbocycles. The van der Waals surface area contributed by atoms with Gasteiger partial charge < -0.3 is 10.6 Å². The van der Waals surface area contributed by atoms with Crippen molar-refractivity contribution in [1.82, 2.24) is 9.80 Å². The minimum Gasteiger partial charge on any atom is -0.325 e. The normalized spacial score (nSPS) is 15.1. The lowest BCUT2D eigenvalue weighted by Gasteiger charge is -2.33. The Morgan fingerprint density at radius 2 is 1.47 bits per heavy atom. The van der Waals surface area contributed by atoms with Crippen LogP contribution >= 0.6 is 11.6 Å². The molecular weight excluding hydrogens is 400 g/mol. The predicted octanol–water partition coefficient (Wildman–Crippen LogP) is 3.46. The van der Waals surface area contributed by atoms with Gasteiger partial charge in [0.05, 0.1) is 13.1 Å². The number of carbonyl (C=O) groups is 2. The van der Waals surface area contributed by atoms with Crippen LogP contribution in [0.15, 0.2) is 36.4 Å². The molecule has 0 aromatic heterocycles. The molecule has 0 saturated carbocycles. The van der Waals surface area contributed by atoms with Crippen molar-refractivity contribution < 1.29 is 9.59 Å². The lowest BCUT2D eigenvalue weighted by molar-refractivity contribution is -0.120. The van der Waals surface area contributed by atoms with E-state index in [1.165, 1.54) is 0 Å². The van der Waals surface area contributed by atoms with Crippen molar-refractivity contribution in [3.8, 4) is 0 Å². The van der Waals surface area contributed by atoms with Crippen LogP contribution in [-0.4, -0.2) is 60.9 Å². The van der Waals surface area contributed by atoms with Crippen molar-refractivity contribution in [2.45, 2.75) is 20.8 Å². The van der Waals surface area contributed by atoms with Gasteiger partial charge in [-0.25, -0.2) is 0 Å². The van der Waals surface area contributed by atoms with Gasteiger partial charge in [-0.1, -0.05) is 29.8 Å². The number of nitrogens with one attached hydrogen (secondary N) is 2. The monoisotopic (exact) mass is 428 g/mol. The third-order valence-electron chi connectivity index (χ3n) is 5.53. The van der Waals surface area contributed by atoms with E-state index in [0.717, 1.165) is 48.6 Å². The van der Waals surface area contributed by atoms with Gasteiger partial charge in [0.15, 0.2) is 0 Å². The summed E-state index contributed by atoms with van der Waals surface area (Å²) < 4.78 is 0. The molecule has 6 nitrogen and oxygen atoms in total. The van der Waals surface area contributed by atoms with E-state index in [2.05, 4.69) is 20.4 Å². The third-order valence-corrected chi connectivity index (χ3v) is 5.94. The van der Waals surface area contributed by atoms with Gasteiger partial charge in [-0.3, -0.25) is 19.4 Å². The maximum absolute atomic E-state index is 12.4. The summed E-state index contributed by atoms with van der Waals surface area (Å²) in [6.07, 6.45) is 0. The Labute approximate surface area is 183 Å². The summed E-state index contributed by atoms with van der Waals surface area (Å²) >= 11 is 6.11. The average Bonchev–Trinajstić information content (AvgIpc) is 2.70. The number of piperazine rings is 1. The average molecular weight is 429 g/mol. The maximum Gasteiger partial charge on any atom is 0.238 e. The molecule has 2 N–H and O–H groups in total. The fraction of sp³-hybridized carbons (Fsp3) is 0.391. The van der Waals surface area contributed by atoms with E-state index in [4.69, 9.17) is 11.6 Å². The molecule has 30 heavy (non-hydrogen) atoms. The van der Waals surface area contributed by atoms with Crippen LogP contribution < -0.4 is 10.6 Å². The van der Waals surface area contributed by atoms with Crippen LogP contribution in [0.1, 0.15) is 16.7 Å². The number of amides is 2. The largest absolute Gasteiger partial charge is 0.325 e. The van der Waals surface area contributed by atoms with E-state index >= 15 is 0 Å². The Hall–Kier alpha value is -2.41. The van der Waals surface area contributed by atoms with E-state index in [1.54, 1.807) is 6.07 Å². The lowest BCUT2D eigenvalue weighted by Crippen LogP contribution is -2.50. The molecule has 1 heterocycles. The highest BCUT2D eigenvalue weighted by molar-refractivity contribution is 6.31. The van der Waals surface area contributed by atoms with Crippen LogP contribution in [0.2, 0.25) is 5.02 Å². The predicted molar refractivity (Wildman–Crippen MR) is 122 cm³/mol. The van der Waals surface area contributed by atoms with Crippen LogP contribution in [0.25, 0.3) is 0 Å². The van der Waals surface area contributed by atoms with E-state index in [0.29, 0.717) is 23.8 Å². The fourth-order valence-electron chi connectivity index (χ4n) is 3.46. The second-order valence-corrected chi connectivity index (χ2v) is 8.27. The first kappa shape index (κ1) is 22.3. The Morgan fingerprint density at radius 3 is 2.07 bits per heavy atom. The van der Waals surface area contributed by atoms with E-state index in [9.17, 15) is 9.59 Å². The van der Waals surface area contributed by atoms with Gasteiger partial charge in [0, 0.05) is 42.6 Å². The second-order valence-electron chi connectivity index (χ2n) is 7.86. The van der Waals surface area contributed by atoms with Gasteiger partial charge in [-0.05, 0) is 55.7 Å². The van der Waals surface area contributed by atoms with Gasteiger partial charge in [-0.2, -0.15) is 0 Å². The molecule has 1 aliphatic heterocycles. The maximum atomic E-state index is 12.4. The molecule has 0 radical (unpaired) electrons. The molecule has 0 atom stereocenters. The smallest absolute Gasteiger partial charge is 0.238 e. The summed E-state index contributed by atoms with van der Waals surface area (Å²) in [5.41, 5.74) is 4.81. The van der Waals surface area contributed by atoms with Crippen LogP contribution in [-0.2, 0) is 9.59 Å². The summed E-state index contributed by atoms with van der Waals surface area (Å²) in [4.78, 5) is 29.0. The van der Waals surface area contributed by atoms with Crippen LogP contribution in [0.4, 0.5) is 11.4 Å². The summed E-state index contributed by atoms with van der Waals surface area (Å²) in [7, 11) is 0. The zero-order valence-corrected chi connectivity index (χ0v) is 18.6. The number of benzene rings is 2. The van der Waals surface area contributed by atoms with Crippen molar-refractivity contribution in [3.63, 3.8) is 0 Å². The van der Waals surface area contributed by atoms with Gasteiger partial charge >= 0.3 is 0 Å². The molecule has 1 fully saturated rings. The van der Waals surface area contributed by atoms with E-state index in [-0.39, 0.29) is 11.8 Å². The van der Waals surface area contributed by atoms with Gasteiger partial charge in [0.2, 0.25) is 11.8 Å². The molecule has 0 bridgehead atoms. The molecule has 2 amide bonds. The van der Waals surface area contributed by atoms with Gasteiger partial charge in [0.1, 0.15) is 0 Å². The van der Waals surface area contributed by atoms with Crippen molar-refractivity contribution in [1.29, 1.82) is 0 Å². The number of halogens is 1. The van der Waals surface area contributed by atoms with Gasteiger partial charge in [-0.15, -0.1) is 0 Å². The van der Waals surface area contributed by atoms with E-state index in [1.807, 2.05) is 51.1 Å². The quantitative estimate of drug-likeness (QED) is 0.739. The summed E-state index contributed by atoms with van der Waals surface area (Å²) in [5, 5.41) is 6.54. The molecule has 0 unspecified atom stereocenters. The van der Waals surface area contributed by atoms with Crippen molar-refractivity contribution >= 4 is 34.8 Å². The zero-order valence-electron chi connectivity index (χ0n) is 17.8. The molecule has 0 spiro atoms. The summed E-state index contributed by atoms with van der Waals surface area (Å²) in [6, 6.07) is 11.4. The van der Waals surface area contributed by atoms with Gasteiger partial charge in [0.25, 0.3) is 0 Å². The number of hydrogen-bond donors (Lipinski definition) is 2. The third kappa shape index (κ3) is 6.05. The molecule has 0 aliphatic carbocycles. The minimum atomic E-state index is -0.0592. The first-order chi connectivity index (χ1) is 14.3. The molecule has 160 valence electrons. The number of aryl methyl sites for hydroxylation is 2. The van der Waals surface area contributed by atoms with Crippen LogP contribution in [0, 0.1) is 20.8 Å². The fourth-order valence-corrected chi connectivity index (χ4v) is 3.64. The molecule has 3 rings (SSSR count). The highest BCUT2D eigenvalue weighted by Gasteiger charge is 2.21. The molecular formula is C23H29ClN4O2. The summed E-state index contributed by atoms with van der Waals surface area (Å²) in [6.45, 7) is 9.66. The Bertz CT molecular complexity index is 923. The standard InChI is InChI=1S/C23H29ClN4O2/c1-16-5-4-6-21(18(16)3)26-23(30)15-28-11-9-27(10-12-28)14-22(29)25-19-8-7-17(2)20(24)13-19/h4-8,13H,9-12,14-15H2,1-3H3,(H,25,29)(H,26,30). The first-order valence-electron chi connectivity index (χ1n) is 10.2. The molecule has 1 saturated heterocycles. The Balaban J connectivity index is 1.42. The number of anilines is 2. The number of carbonyl (C=O) groups excluding carboxylic acids is 2. The Morgan fingerprint density at radius 1 is 0.867 bits per heavy atom. The molecule has 1 aliphatic rings. The van der Waals surface area contributed by atoms with E-state index < -0.39 is 0 Å².